The number of likely N-dealkylation sites (N-methyl/N-ethyl adjacent to an activating group) is 1. The maximum Gasteiger partial charge on any atom is 0.0702 e. The third kappa shape index (κ3) is 3.16. The lowest BCUT2D eigenvalue weighted by atomic mass is 9.84. The minimum atomic E-state index is 0.367. The molecule has 0 spiro atoms. The van der Waals surface area contributed by atoms with E-state index in [1.165, 1.54) is 34.3 Å². The molecule has 1 aliphatic rings. The lowest BCUT2D eigenvalue weighted by molar-refractivity contribution is 0.101. The molecule has 1 fully saturated rings. The maximum atomic E-state index is 6.02. The molecular weight excluding hydrogens is 308 g/mol. The highest BCUT2D eigenvalue weighted by Gasteiger charge is 2.29. The third-order valence-electron chi connectivity index (χ3n) is 4.23. The molecule has 18 heavy (non-hydrogen) atoms. The Hall–Kier alpha value is 0.1000. The molecule has 3 unspecified atom stereocenters. The van der Waals surface area contributed by atoms with Gasteiger partial charge in [-0.15, -0.1) is 11.3 Å². The molecule has 0 bridgehead atoms. The fraction of sp³-hybridized carbons (Fsp3) is 0.714. The van der Waals surface area contributed by atoms with Crippen LogP contribution < -0.4 is 5.73 Å². The van der Waals surface area contributed by atoms with E-state index in [9.17, 15) is 0 Å². The predicted octanol–water partition coefficient (Wildman–Crippen LogP) is 4.02. The molecule has 1 heterocycles. The Morgan fingerprint density at radius 3 is 2.72 bits per heavy atom. The van der Waals surface area contributed by atoms with Gasteiger partial charge in [-0.3, -0.25) is 4.90 Å². The maximum absolute atomic E-state index is 6.02. The summed E-state index contributed by atoms with van der Waals surface area (Å²) in [6.45, 7) is 3.09. The first kappa shape index (κ1) is 14.5. The zero-order valence-electron chi connectivity index (χ0n) is 11.2. The Kier molecular flexibility index (Phi) is 5.24. The van der Waals surface area contributed by atoms with Crippen LogP contribution >= 0.6 is 27.3 Å². The van der Waals surface area contributed by atoms with Gasteiger partial charge in [-0.2, -0.15) is 0 Å². The summed E-state index contributed by atoms with van der Waals surface area (Å²) < 4.78 is 1.20. The van der Waals surface area contributed by atoms with Crippen LogP contribution in [0.3, 0.4) is 0 Å². The molecule has 2 N–H and O–H groups in total. The molecule has 1 aliphatic carbocycles. The molecule has 102 valence electrons. The van der Waals surface area contributed by atoms with E-state index in [1.807, 2.05) is 11.3 Å². The summed E-state index contributed by atoms with van der Waals surface area (Å²) in [5, 5.41) is 0. The van der Waals surface area contributed by atoms with E-state index in [-0.39, 0.29) is 0 Å². The van der Waals surface area contributed by atoms with E-state index in [1.54, 1.807) is 0 Å². The second-order valence-corrected chi connectivity index (χ2v) is 7.88. The van der Waals surface area contributed by atoms with Crippen molar-refractivity contribution in [3.05, 3.63) is 20.8 Å². The average molecular weight is 331 g/mol. The van der Waals surface area contributed by atoms with Crippen LogP contribution in [0, 0.1) is 5.92 Å². The van der Waals surface area contributed by atoms with Crippen molar-refractivity contribution in [2.75, 3.05) is 13.6 Å². The van der Waals surface area contributed by atoms with Crippen molar-refractivity contribution < 1.29 is 0 Å². The molecule has 2 rings (SSSR count). The monoisotopic (exact) mass is 330 g/mol. The van der Waals surface area contributed by atoms with Crippen LogP contribution in [0.4, 0.5) is 0 Å². The van der Waals surface area contributed by atoms with Gasteiger partial charge in [0.2, 0.25) is 0 Å². The van der Waals surface area contributed by atoms with Crippen LogP contribution in [0.5, 0.6) is 0 Å². The largest absolute Gasteiger partial charge is 0.329 e. The normalized spacial score (nSPS) is 26.5. The van der Waals surface area contributed by atoms with Crippen molar-refractivity contribution in [2.45, 2.75) is 44.7 Å². The Morgan fingerprint density at radius 2 is 2.17 bits per heavy atom. The van der Waals surface area contributed by atoms with E-state index in [2.05, 4.69) is 46.9 Å². The number of nitrogens with two attached hydrogens (primary N) is 1. The molecule has 0 aliphatic heterocycles. The number of thiophene rings is 1. The molecule has 4 heteroatoms. The van der Waals surface area contributed by atoms with Gasteiger partial charge in [0.15, 0.2) is 0 Å². The van der Waals surface area contributed by atoms with Gasteiger partial charge in [-0.05, 0) is 53.9 Å². The van der Waals surface area contributed by atoms with Gasteiger partial charge in [0.1, 0.15) is 0 Å². The van der Waals surface area contributed by atoms with Crippen molar-refractivity contribution in [1.82, 2.24) is 4.90 Å². The first-order valence-electron chi connectivity index (χ1n) is 6.80. The Balaban J connectivity index is 2.11. The van der Waals surface area contributed by atoms with Crippen molar-refractivity contribution in [1.29, 1.82) is 0 Å². The fourth-order valence-electron chi connectivity index (χ4n) is 3.12. The smallest absolute Gasteiger partial charge is 0.0702 e. The van der Waals surface area contributed by atoms with E-state index in [0.29, 0.717) is 18.6 Å². The summed E-state index contributed by atoms with van der Waals surface area (Å²) >= 11 is 5.35. The van der Waals surface area contributed by atoms with E-state index in [4.69, 9.17) is 5.73 Å². The lowest BCUT2D eigenvalue weighted by Gasteiger charge is -2.40. The summed E-state index contributed by atoms with van der Waals surface area (Å²) in [7, 11) is 2.25. The van der Waals surface area contributed by atoms with E-state index >= 15 is 0 Å². The molecule has 0 saturated heterocycles. The topological polar surface area (TPSA) is 29.3 Å². The summed E-state index contributed by atoms with van der Waals surface area (Å²) in [6, 6.07) is 5.39. The molecule has 1 aromatic rings. The summed E-state index contributed by atoms with van der Waals surface area (Å²) in [5.74, 6) is 0.793. The number of hydrogen-bond donors (Lipinski definition) is 1. The second-order valence-electron chi connectivity index (χ2n) is 5.39. The summed E-state index contributed by atoms with van der Waals surface area (Å²) in [6.07, 6.45) is 5.44. The van der Waals surface area contributed by atoms with Gasteiger partial charge in [0.05, 0.1) is 9.83 Å². The summed E-state index contributed by atoms with van der Waals surface area (Å²) in [5.41, 5.74) is 6.02. The van der Waals surface area contributed by atoms with Crippen LogP contribution in [0.15, 0.2) is 15.9 Å². The second kappa shape index (κ2) is 6.51. The highest BCUT2D eigenvalue weighted by Crippen LogP contribution is 2.35. The number of halogens is 1. The number of hydrogen-bond acceptors (Lipinski definition) is 3. The number of rotatable bonds is 4. The molecule has 1 saturated carbocycles. The highest BCUT2D eigenvalue weighted by atomic mass is 79.9. The molecule has 3 atom stereocenters. The predicted molar refractivity (Wildman–Crippen MR) is 83.0 cm³/mol. The zero-order chi connectivity index (χ0) is 13.1. The number of nitrogens with zero attached hydrogens (tertiary/aromatic N) is 1. The summed E-state index contributed by atoms with van der Waals surface area (Å²) in [4.78, 5) is 3.90. The SMILES string of the molecule is CC1CCCCC1N(C)C(CN)c1ccc(Br)s1. The van der Waals surface area contributed by atoms with Gasteiger partial charge in [-0.25, -0.2) is 0 Å². The molecule has 0 amide bonds. The zero-order valence-corrected chi connectivity index (χ0v) is 13.6. The average Bonchev–Trinajstić information content (AvgIpc) is 2.77. The first-order valence-corrected chi connectivity index (χ1v) is 8.41. The highest BCUT2D eigenvalue weighted by molar-refractivity contribution is 9.11. The molecule has 0 aromatic carbocycles. The quantitative estimate of drug-likeness (QED) is 0.903. The van der Waals surface area contributed by atoms with Gasteiger partial charge in [0, 0.05) is 17.5 Å². The van der Waals surface area contributed by atoms with Crippen molar-refractivity contribution in [3.63, 3.8) is 0 Å². The molecule has 0 radical (unpaired) electrons. The third-order valence-corrected chi connectivity index (χ3v) is 5.95. The molecule has 2 nitrogen and oxygen atoms in total. The van der Waals surface area contributed by atoms with Crippen molar-refractivity contribution in [2.24, 2.45) is 11.7 Å². The van der Waals surface area contributed by atoms with Gasteiger partial charge < -0.3 is 5.73 Å². The van der Waals surface area contributed by atoms with Crippen LogP contribution in [0.1, 0.15) is 43.5 Å². The minimum Gasteiger partial charge on any atom is -0.329 e. The van der Waals surface area contributed by atoms with Crippen molar-refractivity contribution >= 4 is 27.3 Å². The first-order chi connectivity index (χ1) is 8.63. The van der Waals surface area contributed by atoms with Crippen LogP contribution in [-0.4, -0.2) is 24.5 Å². The van der Waals surface area contributed by atoms with Crippen LogP contribution in [0.2, 0.25) is 0 Å². The van der Waals surface area contributed by atoms with Gasteiger partial charge in [0.25, 0.3) is 0 Å². The van der Waals surface area contributed by atoms with Crippen LogP contribution in [0.25, 0.3) is 0 Å². The standard InChI is InChI=1S/C14H23BrN2S/c1-10-5-3-4-6-11(10)17(2)12(9-16)13-7-8-14(15)18-13/h7-8,10-12H,3-6,9,16H2,1-2H3. The van der Waals surface area contributed by atoms with Gasteiger partial charge >= 0.3 is 0 Å². The minimum absolute atomic E-state index is 0.367. The lowest BCUT2D eigenvalue weighted by Crippen LogP contribution is -2.43. The molecular formula is C14H23BrN2S. The van der Waals surface area contributed by atoms with E-state index in [0.717, 1.165) is 5.92 Å². The van der Waals surface area contributed by atoms with Gasteiger partial charge in [-0.1, -0.05) is 19.8 Å². The Morgan fingerprint density at radius 1 is 1.44 bits per heavy atom. The Bertz CT molecular complexity index is 380. The van der Waals surface area contributed by atoms with Crippen LogP contribution in [-0.2, 0) is 0 Å². The molecule has 1 aromatic heterocycles. The fourth-order valence-corrected chi connectivity index (χ4v) is 4.71. The van der Waals surface area contributed by atoms with Crippen molar-refractivity contribution in [3.8, 4) is 0 Å². The van der Waals surface area contributed by atoms with E-state index < -0.39 is 0 Å². The Labute approximate surface area is 123 Å².